The average Bonchev–Trinajstić information content (AvgIpc) is 2.16. The fourth-order valence-corrected chi connectivity index (χ4v) is 1.34. The molecule has 14 heavy (non-hydrogen) atoms. The molecule has 0 aliphatic heterocycles. The van der Waals surface area contributed by atoms with Gasteiger partial charge in [-0.1, -0.05) is 24.3 Å². The standard InChI is InChI=1S/C12H13O2/c1-10-5-3-6-11(2)12(10)7-4-8-14-9-13/h3-7H,8H2,1-2H3. The lowest BCUT2D eigenvalue weighted by Crippen LogP contribution is -1.88. The molecular formula is C12H13O2. The van der Waals surface area contributed by atoms with Gasteiger partial charge in [0.25, 0.3) is 0 Å². The van der Waals surface area contributed by atoms with Crippen LogP contribution >= 0.6 is 0 Å². The van der Waals surface area contributed by atoms with Crippen molar-refractivity contribution in [3.63, 3.8) is 0 Å². The summed E-state index contributed by atoms with van der Waals surface area (Å²) in [5.41, 5.74) is 3.62. The summed E-state index contributed by atoms with van der Waals surface area (Å²) >= 11 is 0. The quantitative estimate of drug-likeness (QED) is 0.680. The molecule has 0 amide bonds. The summed E-state index contributed by atoms with van der Waals surface area (Å²) in [5, 5.41) is 0. The molecule has 0 aliphatic carbocycles. The summed E-state index contributed by atoms with van der Waals surface area (Å²) < 4.78 is 4.44. The zero-order valence-corrected chi connectivity index (χ0v) is 8.41. The molecule has 0 unspecified atom stereocenters. The third kappa shape index (κ3) is 2.73. The summed E-state index contributed by atoms with van der Waals surface area (Å²) in [6, 6.07) is 6.14. The van der Waals surface area contributed by atoms with Crippen molar-refractivity contribution >= 4 is 12.5 Å². The van der Waals surface area contributed by atoms with E-state index in [0.717, 1.165) is 0 Å². The molecule has 1 rings (SSSR count). The van der Waals surface area contributed by atoms with Crippen LogP contribution in [0.5, 0.6) is 0 Å². The predicted molar refractivity (Wildman–Crippen MR) is 56.6 cm³/mol. The van der Waals surface area contributed by atoms with Crippen molar-refractivity contribution in [2.45, 2.75) is 13.8 Å². The summed E-state index contributed by atoms with van der Waals surface area (Å²) in [6.07, 6.45) is 3.77. The van der Waals surface area contributed by atoms with Crippen LogP contribution < -0.4 is 0 Å². The zero-order chi connectivity index (χ0) is 10.4. The highest BCUT2D eigenvalue weighted by Crippen LogP contribution is 2.14. The Kier molecular flexibility index (Phi) is 3.92. The monoisotopic (exact) mass is 189 g/mol. The Bertz CT molecular complexity index is 320. The topological polar surface area (TPSA) is 26.3 Å². The van der Waals surface area contributed by atoms with Crippen molar-refractivity contribution < 1.29 is 9.53 Å². The number of rotatable bonds is 4. The fourth-order valence-electron chi connectivity index (χ4n) is 1.34. The number of ether oxygens (including phenoxy) is 1. The van der Waals surface area contributed by atoms with Gasteiger partial charge in [0.05, 0.1) is 0 Å². The van der Waals surface area contributed by atoms with Gasteiger partial charge in [-0.2, -0.15) is 0 Å². The first-order valence-electron chi connectivity index (χ1n) is 4.47. The smallest absolute Gasteiger partial charge is 0.417 e. The van der Waals surface area contributed by atoms with Gasteiger partial charge in [0.15, 0.2) is 0 Å². The highest BCUT2D eigenvalue weighted by atomic mass is 16.5. The molecule has 0 fully saturated rings. The molecule has 0 aliphatic rings. The summed E-state index contributed by atoms with van der Waals surface area (Å²) in [5.74, 6) is 0. The molecular weight excluding hydrogens is 176 g/mol. The van der Waals surface area contributed by atoms with Crippen LogP contribution in [0.2, 0.25) is 0 Å². The minimum absolute atomic E-state index is 0.275. The number of hydrogen-bond acceptors (Lipinski definition) is 2. The maximum atomic E-state index is 9.77. The Morgan fingerprint density at radius 1 is 1.36 bits per heavy atom. The minimum Gasteiger partial charge on any atom is -0.453 e. The van der Waals surface area contributed by atoms with Crippen LogP contribution in [0.4, 0.5) is 0 Å². The van der Waals surface area contributed by atoms with Gasteiger partial charge in [0, 0.05) is 0 Å². The molecule has 0 heterocycles. The number of benzene rings is 1. The summed E-state index contributed by atoms with van der Waals surface area (Å²) in [6.45, 7) is 5.77. The van der Waals surface area contributed by atoms with Gasteiger partial charge in [0.1, 0.15) is 6.61 Å². The lowest BCUT2D eigenvalue weighted by molar-refractivity contribution is 0.314. The van der Waals surface area contributed by atoms with Crippen LogP contribution in [-0.4, -0.2) is 13.1 Å². The van der Waals surface area contributed by atoms with E-state index in [4.69, 9.17) is 0 Å². The van der Waals surface area contributed by atoms with Crippen LogP contribution in [0.3, 0.4) is 0 Å². The number of aryl methyl sites for hydroxylation is 2. The first-order valence-corrected chi connectivity index (χ1v) is 4.47. The third-order valence-electron chi connectivity index (χ3n) is 2.07. The summed E-state index contributed by atoms with van der Waals surface area (Å²) in [7, 11) is 0. The van der Waals surface area contributed by atoms with E-state index >= 15 is 0 Å². The molecule has 1 aromatic rings. The van der Waals surface area contributed by atoms with Crippen molar-refractivity contribution in [3.05, 3.63) is 41.0 Å². The molecule has 0 spiro atoms. The molecule has 0 saturated carbocycles. The van der Waals surface area contributed by atoms with Crippen LogP contribution in [-0.2, 0) is 9.53 Å². The average molecular weight is 189 g/mol. The fraction of sp³-hybridized carbons (Fsp3) is 0.250. The van der Waals surface area contributed by atoms with Crippen molar-refractivity contribution in [2.75, 3.05) is 6.61 Å². The Morgan fingerprint density at radius 2 is 2.00 bits per heavy atom. The van der Waals surface area contributed by atoms with Crippen molar-refractivity contribution in [1.29, 1.82) is 0 Å². The van der Waals surface area contributed by atoms with Gasteiger partial charge in [-0.25, -0.2) is 4.79 Å². The Labute approximate surface area is 84.2 Å². The molecule has 2 nitrogen and oxygen atoms in total. The highest BCUT2D eigenvalue weighted by molar-refractivity contribution is 5.57. The molecule has 0 N–H and O–H groups in total. The predicted octanol–water partition coefficient (Wildman–Crippen LogP) is 2.40. The van der Waals surface area contributed by atoms with E-state index in [-0.39, 0.29) is 6.61 Å². The molecule has 1 radical (unpaired) electrons. The van der Waals surface area contributed by atoms with Crippen LogP contribution in [0, 0.1) is 13.8 Å². The van der Waals surface area contributed by atoms with Gasteiger partial charge < -0.3 is 4.74 Å². The molecule has 0 aromatic heterocycles. The molecule has 0 saturated heterocycles. The van der Waals surface area contributed by atoms with E-state index in [1.54, 1.807) is 6.08 Å². The molecule has 0 bridgehead atoms. The number of carbonyl (C=O) groups excluding carboxylic acids is 1. The maximum absolute atomic E-state index is 9.77. The lowest BCUT2D eigenvalue weighted by atomic mass is 10.0. The number of hydrogen-bond donors (Lipinski definition) is 0. The molecule has 0 atom stereocenters. The van der Waals surface area contributed by atoms with Crippen molar-refractivity contribution in [1.82, 2.24) is 0 Å². The first kappa shape index (κ1) is 10.5. The van der Waals surface area contributed by atoms with Gasteiger partial charge in [0.2, 0.25) is 0 Å². The van der Waals surface area contributed by atoms with Gasteiger partial charge >= 0.3 is 6.47 Å². The molecule has 73 valence electrons. The van der Waals surface area contributed by atoms with E-state index in [0.29, 0.717) is 0 Å². The van der Waals surface area contributed by atoms with E-state index in [9.17, 15) is 4.79 Å². The third-order valence-corrected chi connectivity index (χ3v) is 2.07. The van der Waals surface area contributed by atoms with Crippen LogP contribution in [0.1, 0.15) is 16.7 Å². The van der Waals surface area contributed by atoms with Gasteiger partial charge in [-0.05, 0) is 36.6 Å². The van der Waals surface area contributed by atoms with E-state index in [1.165, 1.54) is 23.2 Å². The Balaban J connectivity index is 2.75. The lowest BCUT2D eigenvalue weighted by Gasteiger charge is -2.03. The van der Waals surface area contributed by atoms with Crippen molar-refractivity contribution in [3.8, 4) is 0 Å². The second-order valence-electron chi connectivity index (χ2n) is 3.10. The molecule has 2 heteroatoms. The Morgan fingerprint density at radius 3 is 2.57 bits per heavy atom. The first-order chi connectivity index (χ1) is 6.75. The second-order valence-corrected chi connectivity index (χ2v) is 3.10. The summed E-state index contributed by atoms with van der Waals surface area (Å²) in [4.78, 5) is 9.77. The highest BCUT2D eigenvalue weighted by Gasteiger charge is 1.96. The second kappa shape index (κ2) is 5.22. The van der Waals surface area contributed by atoms with Crippen LogP contribution in [0.15, 0.2) is 24.3 Å². The van der Waals surface area contributed by atoms with E-state index in [1.807, 2.05) is 12.1 Å². The molecule has 1 aromatic carbocycles. The van der Waals surface area contributed by atoms with Crippen LogP contribution in [0.25, 0.3) is 6.08 Å². The maximum Gasteiger partial charge on any atom is 0.417 e. The largest absolute Gasteiger partial charge is 0.453 e. The normalized spacial score (nSPS) is 10.4. The minimum atomic E-state index is 0.275. The van der Waals surface area contributed by atoms with E-state index < -0.39 is 0 Å². The van der Waals surface area contributed by atoms with Crippen molar-refractivity contribution in [2.24, 2.45) is 0 Å². The van der Waals surface area contributed by atoms with Gasteiger partial charge in [-0.15, -0.1) is 0 Å². The Hall–Kier alpha value is -1.57. The van der Waals surface area contributed by atoms with Gasteiger partial charge in [-0.3, -0.25) is 0 Å². The zero-order valence-electron chi connectivity index (χ0n) is 8.41. The SMILES string of the molecule is Cc1cccc(C)c1C=CCO[C]=O. The van der Waals surface area contributed by atoms with E-state index in [2.05, 4.69) is 30.7 Å².